The second kappa shape index (κ2) is 8.30. The predicted octanol–water partition coefficient (Wildman–Crippen LogP) is 1.72. The highest BCUT2D eigenvalue weighted by atomic mass is 16.2. The Kier molecular flexibility index (Phi) is 6.40. The quantitative estimate of drug-likeness (QED) is 0.869. The van der Waals surface area contributed by atoms with Gasteiger partial charge in [-0.3, -0.25) is 9.69 Å². The molecule has 4 heteroatoms. The van der Waals surface area contributed by atoms with Gasteiger partial charge in [0.15, 0.2) is 0 Å². The van der Waals surface area contributed by atoms with Crippen LogP contribution in [0.2, 0.25) is 0 Å². The van der Waals surface area contributed by atoms with Crippen molar-refractivity contribution in [1.29, 1.82) is 0 Å². The molecule has 0 atom stereocenters. The number of carbonyl (C=O) groups is 1. The summed E-state index contributed by atoms with van der Waals surface area (Å²) in [4.78, 5) is 16.5. The number of hydrogen-bond donors (Lipinski definition) is 1. The molecule has 1 aliphatic heterocycles. The third-order valence-corrected chi connectivity index (χ3v) is 4.35. The minimum Gasteiger partial charge on any atom is -0.355 e. The van der Waals surface area contributed by atoms with Crippen LogP contribution in [0, 0.1) is 0 Å². The molecule has 1 heterocycles. The largest absolute Gasteiger partial charge is 0.355 e. The molecule has 1 fully saturated rings. The van der Waals surface area contributed by atoms with Crippen LogP contribution in [0.25, 0.3) is 0 Å². The molecule has 122 valence electrons. The lowest BCUT2D eigenvalue weighted by atomic mass is 10.0. The molecule has 1 amide bonds. The Hall–Kier alpha value is -1.39. The molecule has 4 nitrogen and oxygen atoms in total. The lowest BCUT2D eigenvalue weighted by molar-refractivity contribution is -0.122. The molecule has 0 aliphatic carbocycles. The monoisotopic (exact) mass is 303 g/mol. The first-order valence-corrected chi connectivity index (χ1v) is 8.31. The Morgan fingerprint density at radius 2 is 1.77 bits per heavy atom. The van der Waals surface area contributed by atoms with Crippen molar-refractivity contribution in [2.24, 2.45) is 0 Å². The van der Waals surface area contributed by atoms with Crippen LogP contribution < -0.4 is 5.32 Å². The first-order valence-electron chi connectivity index (χ1n) is 8.31. The van der Waals surface area contributed by atoms with E-state index in [1.807, 2.05) is 0 Å². The van der Waals surface area contributed by atoms with Crippen LogP contribution in [0.5, 0.6) is 0 Å². The van der Waals surface area contributed by atoms with Crippen molar-refractivity contribution >= 4 is 5.91 Å². The lowest BCUT2D eigenvalue weighted by Gasteiger charge is -2.31. The van der Waals surface area contributed by atoms with E-state index in [1.54, 1.807) is 0 Å². The molecule has 2 rings (SSSR count). The summed E-state index contributed by atoms with van der Waals surface area (Å²) in [5, 5.41) is 3.03. The molecule has 0 spiro atoms. The number of rotatable bonds is 6. The fourth-order valence-corrected chi connectivity index (χ4v) is 2.68. The van der Waals surface area contributed by atoms with Crippen LogP contribution in [0.15, 0.2) is 24.3 Å². The Balaban J connectivity index is 1.66. The zero-order valence-corrected chi connectivity index (χ0v) is 14.1. The van der Waals surface area contributed by atoms with Crippen molar-refractivity contribution < 1.29 is 4.79 Å². The van der Waals surface area contributed by atoms with E-state index < -0.39 is 0 Å². The first kappa shape index (κ1) is 17.0. The summed E-state index contributed by atoms with van der Waals surface area (Å²) in [5.41, 5.74) is 2.65. The summed E-state index contributed by atoms with van der Waals surface area (Å²) in [7, 11) is 2.13. The van der Waals surface area contributed by atoms with Crippen molar-refractivity contribution in [3.05, 3.63) is 35.4 Å². The normalized spacial score (nSPS) is 16.9. The van der Waals surface area contributed by atoms with E-state index in [9.17, 15) is 4.79 Å². The number of hydrogen-bond acceptors (Lipinski definition) is 3. The van der Waals surface area contributed by atoms with Gasteiger partial charge in [0.2, 0.25) is 5.91 Å². The highest BCUT2D eigenvalue weighted by Gasteiger charge is 2.16. The standard InChI is InChI=1S/C18H29N3O/c1-15(2)17-6-4-16(5-7-17)8-9-19-18(22)14-21-12-10-20(3)11-13-21/h4-7,15H,8-14H2,1-3H3,(H,19,22). The Morgan fingerprint density at radius 3 is 2.36 bits per heavy atom. The van der Waals surface area contributed by atoms with Crippen LogP contribution in [0.3, 0.4) is 0 Å². The maximum absolute atomic E-state index is 12.0. The second-order valence-electron chi connectivity index (χ2n) is 6.58. The van der Waals surface area contributed by atoms with Crippen molar-refractivity contribution in [2.45, 2.75) is 26.2 Å². The Bertz CT molecular complexity index is 462. The van der Waals surface area contributed by atoms with Gasteiger partial charge in [0, 0.05) is 32.7 Å². The van der Waals surface area contributed by atoms with Gasteiger partial charge in [0.1, 0.15) is 0 Å². The number of amides is 1. The predicted molar refractivity (Wildman–Crippen MR) is 91.2 cm³/mol. The van der Waals surface area contributed by atoms with E-state index in [1.165, 1.54) is 11.1 Å². The number of carbonyl (C=O) groups excluding carboxylic acids is 1. The highest BCUT2D eigenvalue weighted by Crippen LogP contribution is 2.14. The van der Waals surface area contributed by atoms with E-state index in [-0.39, 0.29) is 5.91 Å². The molecular formula is C18H29N3O. The van der Waals surface area contributed by atoms with Gasteiger partial charge >= 0.3 is 0 Å². The van der Waals surface area contributed by atoms with Gasteiger partial charge in [-0.25, -0.2) is 0 Å². The maximum atomic E-state index is 12.0. The fourth-order valence-electron chi connectivity index (χ4n) is 2.68. The Labute approximate surface area is 134 Å². The second-order valence-corrected chi connectivity index (χ2v) is 6.58. The summed E-state index contributed by atoms with van der Waals surface area (Å²) >= 11 is 0. The summed E-state index contributed by atoms with van der Waals surface area (Å²) in [6.45, 7) is 9.72. The van der Waals surface area contributed by atoms with Gasteiger partial charge in [-0.05, 0) is 30.5 Å². The molecule has 0 bridgehead atoms. The average molecular weight is 303 g/mol. The molecular weight excluding hydrogens is 274 g/mol. The zero-order valence-electron chi connectivity index (χ0n) is 14.1. The molecule has 1 aromatic rings. The minimum absolute atomic E-state index is 0.142. The average Bonchev–Trinajstić information content (AvgIpc) is 2.50. The van der Waals surface area contributed by atoms with Gasteiger partial charge in [-0.2, -0.15) is 0 Å². The van der Waals surface area contributed by atoms with Crippen LogP contribution in [0.4, 0.5) is 0 Å². The first-order chi connectivity index (χ1) is 10.5. The molecule has 1 N–H and O–H groups in total. The topological polar surface area (TPSA) is 35.6 Å². The molecule has 0 saturated carbocycles. The number of nitrogens with zero attached hydrogens (tertiary/aromatic N) is 2. The van der Waals surface area contributed by atoms with Crippen LogP contribution in [-0.4, -0.2) is 62.0 Å². The number of likely N-dealkylation sites (N-methyl/N-ethyl adjacent to an activating group) is 1. The molecule has 1 saturated heterocycles. The summed E-state index contributed by atoms with van der Waals surface area (Å²) < 4.78 is 0. The van der Waals surface area contributed by atoms with E-state index >= 15 is 0 Å². The maximum Gasteiger partial charge on any atom is 0.234 e. The fraction of sp³-hybridized carbons (Fsp3) is 0.611. The molecule has 0 unspecified atom stereocenters. The molecule has 22 heavy (non-hydrogen) atoms. The smallest absolute Gasteiger partial charge is 0.234 e. The number of benzene rings is 1. The molecule has 1 aliphatic rings. The lowest BCUT2D eigenvalue weighted by Crippen LogP contribution is -2.48. The summed E-state index contributed by atoms with van der Waals surface area (Å²) in [6, 6.07) is 8.71. The van der Waals surface area contributed by atoms with Gasteiger partial charge in [0.25, 0.3) is 0 Å². The Morgan fingerprint density at radius 1 is 1.14 bits per heavy atom. The minimum atomic E-state index is 0.142. The van der Waals surface area contributed by atoms with Gasteiger partial charge < -0.3 is 10.2 Å². The highest BCUT2D eigenvalue weighted by molar-refractivity contribution is 5.78. The SMILES string of the molecule is CC(C)c1ccc(CCNC(=O)CN2CCN(C)CC2)cc1. The molecule has 0 aromatic heterocycles. The number of piperazine rings is 1. The van der Waals surface area contributed by atoms with E-state index in [4.69, 9.17) is 0 Å². The third kappa shape index (κ3) is 5.43. The van der Waals surface area contributed by atoms with Crippen molar-refractivity contribution in [1.82, 2.24) is 15.1 Å². The van der Waals surface area contributed by atoms with E-state index in [0.717, 1.165) is 32.6 Å². The van der Waals surface area contributed by atoms with Gasteiger partial charge in [0.05, 0.1) is 6.54 Å². The van der Waals surface area contributed by atoms with Crippen molar-refractivity contribution in [3.8, 4) is 0 Å². The summed E-state index contributed by atoms with van der Waals surface area (Å²) in [5.74, 6) is 0.709. The van der Waals surface area contributed by atoms with E-state index in [2.05, 4.69) is 60.3 Å². The van der Waals surface area contributed by atoms with Gasteiger partial charge in [-0.1, -0.05) is 38.1 Å². The van der Waals surface area contributed by atoms with Crippen LogP contribution in [0.1, 0.15) is 30.9 Å². The molecule has 0 radical (unpaired) electrons. The van der Waals surface area contributed by atoms with Gasteiger partial charge in [-0.15, -0.1) is 0 Å². The van der Waals surface area contributed by atoms with Crippen molar-refractivity contribution in [3.63, 3.8) is 0 Å². The van der Waals surface area contributed by atoms with Crippen LogP contribution in [-0.2, 0) is 11.2 Å². The number of nitrogens with one attached hydrogen (secondary N) is 1. The van der Waals surface area contributed by atoms with Crippen molar-refractivity contribution in [2.75, 3.05) is 46.3 Å². The summed E-state index contributed by atoms with van der Waals surface area (Å²) in [6.07, 6.45) is 0.896. The zero-order chi connectivity index (χ0) is 15.9. The van der Waals surface area contributed by atoms with Crippen LogP contribution >= 0.6 is 0 Å². The van der Waals surface area contributed by atoms with E-state index in [0.29, 0.717) is 19.0 Å². The third-order valence-electron chi connectivity index (χ3n) is 4.35. The molecule has 1 aromatic carbocycles.